The monoisotopic (exact) mass is 417 g/mol. The van der Waals surface area contributed by atoms with Gasteiger partial charge in [0.25, 0.3) is 5.91 Å². The van der Waals surface area contributed by atoms with Crippen molar-refractivity contribution in [2.24, 2.45) is 0 Å². The number of benzene rings is 2. The number of pyridine rings is 1. The molecule has 30 heavy (non-hydrogen) atoms. The van der Waals surface area contributed by atoms with Gasteiger partial charge in [-0.1, -0.05) is 59.9 Å². The quantitative estimate of drug-likeness (QED) is 0.457. The van der Waals surface area contributed by atoms with E-state index in [0.717, 1.165) is 27.8 Å². The second-order valence-corrected chi connectivity index (χ2v) is 7.55. The average Bonchev–Trinajstić information content (AvgIpc) is 3.13. The van der Waals surface area contributed by atoms with Crippen LogP contribution in [0.5, 0.6) is 0 Å². The van der Waals surface area contributed by atoms with Crippen LogP contribution in [0, 0.1) is 6.92 Å². The Morgan fingerprint density at radius 1 is 1.03 bits per heavy atom. The van der Waals surface area contributed by atoms with Gasteiger partial charge >= 0.3 is 5.97 Å². The van der Waals surface area contributed by atoms with Gasteiger partial charge in [-0.15, -0.1) is 0 Å². The van der Waals surface area contributed by atoms with Crippen LogP contribution < -0.4 is 5.32 Å². The lowest BCUT2D eigenvalue weighted by Crippen LogP contribution is -2.13. The van der Waals surface area contributed by atoms with E-state index in [4.69, 9.17) is 9.72 Å². The number of carbonyl (C=O) groups is 2. The van der Waals surface area contributed by atoms with E-state index in [1.54, 1.807) is 19.9 Å². The molecule has 2 heterocycles. The fourth-order valence-electron chi connectivity index (χ4n) is 3.12. The van der Waals surface area contributed by atoms with Crippen LogP contribution in [0.25, 0.3) is 22.2 Å². The van der Waals surface area contributed by atoms with Crippen LogP contribution in [0.2, 0.25) is 0 Å². The maximum Gasteiger partial charge on any atom is 0.350 e. The van der Waals surface area contributed by atoms with Gasteiger partial charge in [0, 0.05) is 10.9 Å². The van der Waals surface area contributed by atoms with Gasteiger partial charge in [-0.2, -0.15) is 0 Å². The number of anilines is 1. The number of ether oxygens (including phenoxy) is 1. The fourth-order valence-corrected chi connectivity index (χ4v) is 3.98. The third-order valence-corrected chi connectivity index (χ3v) is 5.56. The Morgan fingerprint density at radius 3 is 2.53 bits per heavy atom. The van der Waals surface area contributed by atoms with E-state index in [-0.39, 0.29) is 12.5 Å². The van der Waals surface area contributed by atoms with E-state index in [1.807, 2.05) is 54.6 Å². The zero-order valence-corrected chi connectivity index (χ0v) is 17.3. The zero-order valence-electron chi connectivity index (χ0n) is 16.5. The molecule has 2 aromatic carbocycles. The number of aromatic nitrogens is 2. The second-order valence-electron chi connectivity index (χ2n) is 6.55. The minimum atomic E-state index is -0.436. The van der Waals surface area contributed by atoms with Crippen molar-refractivity contribution in [2.45, 2.75) is 13.8 Å². The maximum atomic E-state index is 13.1. The summed E-state index contributed by atoms with van der Waals surface area (Å²) in [7, 11) is 0. The van der Waals surface area contributed by atoms with E-state index in [9.17, 15) is 9.59 Å². The lowest BCUT2D eigenvalue weighted by Gasteiger charge is -2.09. The van der Waals surface area contributed by atoms with Crippen molar-refractivity contribution in [1.82, 2.24) is 9.97 Å². The molecule has 7 heteroatoms. The summed E-state index contributed by atoms with van der Waals surface area (Å²) in [5, 5.41) is 3.91. The van der Waals surface area contributed by atoms with E-state index in [0.29, 0.717) is 27.0 Å². The van der Waals surface area contributed by atoms with Crippen LogP contribution in [-0.4, -0.2) is 28.5 Å². The van der Waals surface area contributed by atoms with Crippen molar-refractivity contribution in [1.29, 1.82) is 0 Å². The largest absolute Gasteiger partial charge is 0.462 e. The number of rotatable bonds is 5. The zero-order chi connectivity index (χ0) is 21.1. The topological polar surface area (TPSA) is 81.2 Å². The highest BCUT2D eigenvalue weighted by Gasteiger charge is 2.19. The maximum absolute atomic E-state index is 13.1. The van der Waals surface area contributed by atoms with Crippen molar-refractivity contribution in [3.63, 3.8) is 0 Å². The summed E-state index contributed by atoms with van der Waals surface area (Å²) in [5.74, 6) is -0.747. The first-order valence-electron chi connectivity index (χ1n) is 9.48. The molecule has 0 spiro atoms. The predicted octanol–water partition coefficient (Wildman–Crippen LogP) is 5.10. The molecule has 1 N–H and O–H groups in total. The van der Waals surface area contributed by atoms with Gasteiger partial charge in [0.1, 0.15) is 4.88 Å². The van der Waals surface area contributed by atoms with Crippen LogP contribution in [0.3, 0.4) is 0 Å². The molecule has 4 aromatic rings. The highest BCUT2D eigenvalue weighted by Crippen LogP contribution is 2.27. The van der Waals surface area contributed by atoms with Crippen molar-refractivity contribution in [3.8, 4) is 11.3 Å². The number of nitrogens with one attached hydrogen (secondary N) is 1. The Labute approximate surface area is 177 Å². The first-order valence-corrected chi connectivity index (χ1v) is 10.3. The number of hydrogen-bond donors (Lipinski definition) is 1. The van der Waals surface area contributed by atoms with Crippen LogP contribution >= 0.6 is 11.3 Å². The molecule has 0 saturated carbocycles. The molecule has 0 atom stereocenters. The molecule has 0 aliphatic carbocycles. The molecule has 2 aromatic heterocycles. The van der Waals surface area contributed by atoms with Gasteiger partial charge in [-0.3, -0.25) is 10.1 Å². The Bertz CT molecular complexity index is 1240. The number of aryl methyl sites for hydroxylation is 1. The van der Waals surface area contributed by atoms with Crippen LogP contribution in [-0.2, 0) is 4.74 Å². The van der Waals surface area contributed by atoms with Gasteiger partial charge in [0.15, 0.2) is 5.13 Å². The Kier molecular flexibility index (Phi) is 5.54. The van der Waals surface area contributed by atoms with Crippen LogP contribution in [0.4, 0.5) is 5.13 Å². The normalized spacial score (nSPS) is 10.7. The predicted molar refractivity (Wildman–Crippen MR) is 118 cm³/mol. The number of nitrogens with zero attached hydrogens (tertiary/aromatic N) is 2. The summed E-state index contributed by atoms with van der Waals surface area (Å²) < 4.78 is 5.04. The van der Waals surface area contributed by atoms with E-state index in [2.05, 4.69) is 10.3 Å². The molecule has 0 radical (unpaired) electrons. The molecular weight excluding hydrogens is 398 g/mol. The standard InChI is InChI=1S/C23H19N3O3S/c1-3-29-22(28)20-14(2)24-23(30-20)26-21(27)17-13-19(15-9-5-4-6-10-15)25-18-12-8-7-11-16(17)18/h4-13H,3H2,1-2H3,(H,24,26,27). The molecule has 0 saturated heterocycles. The number of fused-ring (bicyclic) bond motifs is 1. The van der Waals surface area contributed by atoms with Crippen molar-refractivity contribution in [2.75, 3.05) is 11.9 Å². The fraction of sp³-hybridized carbons (Fsp3) is 0.130. The smallest absolute Gasteiger partial charge is 0.350 e. The highest BCUT2D eigenvalue weighted by atomic mass is 32.1. The summed E-state index contributed by atoms with van der Waals surface area (Å²) in [6, 6.07) is 19.0. The number of amides is 1. The summed E-state index contributed by atoms with van der Waals surface area (Å²) in [5.41, 5.74) is 3.38. The van der Waals surface area contributed by atoms with Gasteiger partial charge in [-0.05, 0) is 26.0 Å². The first kappa shape index (κ1) is 19.7. The first-order chi connectivity index (χ1) is 14.6. The summed E-state index contributed by atoms with van der Waals surface area (Å²) in [4.78, 5) is 34.6. The molecule has 4 rings (SSSR count). The molecular formula is C23H19N3O3S. The van der Waals surface area contributed by atoms with Crippen LogP contribution in [0.1, 0.15) is 32.6 Å². The van der Waals surface area contributed by atoms with Gasteiger partial charge in [-0.25, -0.2) is 14.8 Å². The third kappa shape index (κ3) is 3.92. The van der Waals surface area contributed by atoms with Crippen LogP contribution in [0.15, 0.2) is 60.7 Å². The number of para-hydroxylation sites is 1. The molecule has 0 fully saturated rings. The van der Waals surface area contributed by atoms with Gasteiger partial charge < -0.3 is 4.74 Å². The molecule has 0 unspecified atom stereocenters. The Hall–Kier alpha value is -3.58. The Balaban J connectivity index is 1.71. The minimum absolute atomic E-state index is 0.281. The van der Waals surface area contributed by atoms with Gasteiger partial charge in [0.05, 0.1) is 29.1 Å². The number of esters is 1. The van der Waals surface area contributed by atoms with Crippen molar-refractivity contribution in [3.05, 3.63) is 76.8 Å². The molecule has 150 valence electrons. The lowest BCUT2D eigenvalue weighted by atomic mass is 10.0. The van der Waals surface area contributed by atoms with E-state index >= 15 is 0 Å². The summed E-state index contributed by atoms with van der Waals surface area (Å²) in [6.07, 6.45) is 0. The van der Waals surface area contributed by atoms with Crippen molar-refractivity contribution < 1.29 is 14.3 Å². The van der Waals surface area contributed by atoms with Gasteiger partial charge in [0.2, 0.25) is 0 Å². The SMILES string of the molecule is CCOC(=O)c1sc(NC(=O)c2cc(-c3ccccc3)nc3ccccc23)nc1C. The molecule has 0 bridgehead atoms. The molecule has 0 aliphatic rings. The van der Waals surface area contributed by atoms with E-state index < -0.39 is 5.97 Å². The number of thiazole rings is 1. The number of carbonyl (C=O) groups excluding carboxylic acids is 2. The number of hydrogen-bond acceptors (Lipinski definition) is 6. The lowest BCUT2D eigenvalue weighted by molar-refractivity contribution is 0.0531. The molecule has 0 aliphatic heterocycles. The molecule has 6 nitrogen and oxygen atoms in total. The highest BCUT2D eigenvalue weighted by molar-refractivity contribution is 7.17. The summed E-state index contributed by atoms with van der Waals surface area (Å²) in [6.45, 7) is 3.74. The third-order valence-electron chi connectivity index (χ3n) is 4.51. The molecule has 1 amide bonds. The average molecular weight is 417 g/mol. The van der Waals surface area contributed by atoms with Crippen molar-refractivity contribution >= 4 is 39.2 Å². The summed E-state index contributed by atoms with van der Waals surface area (Å²) >= 11 is 1.10. The minimum Gasteiger partial charge on any atom is -0.462 e. The Morgan fingerprint density at radius 2 is 1.77 bits per heavy atom. The van der Waals surface area contributed by atoms with E-state index in [1.165, 1.54) is 0 Å². The second kappa shape index (κ2) is 8.42.